The number of amides is 1. The maximum Gasteiger partial charge on any atom is 0.232 e. The Morgan fingerprint density at radius 1 is 1.35 bits per heavy atom. The first-order valence-corrected chi connectivity index (χ1v) is 7.55. The number of nitrogens with one attached hydrogen (secondary N) is 1. The van der Waals surface area contributed by atoms with Crippen molar-refractivity contribution in [3.8, 4) is 0 Å². The molecule has 2 aliphatic rings. The molecular weight excluding hydrogens is 252 g/mol. The largest absolute Gasteiger partial charge is 0.396 e. The fraction of sp³-hybridized carbons (Fsp3) is 0.562. The number of hydrogen-bond acceptors (Lipinski definition) is 3. The lowest BCUT2D eigenvalue weighted by Crippen LogP contribution is -2.47. The number of aliphatic hydroxyl groups excluding tert-OH is 1. The Kier molecular flexibility index (Phi) is 3.92. The molecule has 1 saturated carbocycles. The van der Waals surface area contributed by atoms with Crippen LogP contribution in [0.25, 0.3) is 0 Å². The van der Waals surface area contributed by atoms with Gasteiger partial charge in [0.1, 0.15) is 0 Å². The van der Waals surface area contributed by atoms with Crippen molar-refractivity contribution in [3.63, 3.8) is 0 Å². The van der Waals surface area contributed by atoms with Crippen LogP contribution in [0.15, 0.2) is 24.3 Å². The average molecular weight is 274 g/mol. The molecule has 0 saturated heterocycles. The molecule has 1 amide bonds. The van der Waals surface area contributed by atoms with Gasteiger partial charge >= 0.3 is 0 Å². The van der Waals surface area contributed by atoms with Gasteiger partial charge in [0.25, 0.3) is 0 Å². The van der Waals surface area contributed by atoms with Gasteiger partial charge in [0, 0.05) is 31.4 Å². The number of nitrogens with zero attached hydrogens (tertiary/aromatic N) is 1. The Labute approximate surface area is 119 Å². The Morgan fingerprint density at radius 3 is 2.85 bits per heavy atom. The Morgan fingerprint density at radius 2 is 2.15 bits per heavy atom. The maximum atomic E-state index is 12.9. The number of aliphatic hydroxyl groups is 1. The van der Waals surface area contributed by atoms with Crippen molar-refractivity contribution in [2.75, 3.05) is 25.0 Å². The lowest BCUT2D eigenvalue weighted by atomic mass is 9.89. The monoisotopic (exact) mass is 274 g/mol. The molecule has 0 radical (unpaired) electrons. The molecule has 108 valence electrons. The number of benzene rings is 1. The van der Waals surface area contributed by atoms with Crippen LogP contribution in [0.4, 0.5) is 5.69 Å². The van der Waals surface area contributed by atoms with Gasteiger partial charge in [-0.3, -0.25) is 4.79 Å². The summed E-state index contributed by atoms with van der Waals surface area (Å²) in [5.74, 6) is 0.158. The number of para-hydroxylation sites is 1. The second kappa shape index (κ2) is 5.83. The molecule has 1 fully saturated rings. The normalized spacial score (nSPS) is 20.9. The summed E-state index contributed by atoms with van der Waals surface area (Å²) in [6, 6.07) is 8.45. The highest BCUT2D eigenvalue weighted by Crippen LogP contribution is 2.35. The molecule has 1 aromatic carbocycles. The molecule has 1 aromatic rings. The summed E-state index contributed by atoms with van der Waals surface area (Å²) in [6.07, 6.45) is 4.11. The summed E-state index contributed by atoms with van der Waals surface area (Å²) >= 11 is 0. The van der Waals surface area contributed by atoms with E-state index < -0.39 is 0 Å². The first kappa shape index (κ1) is 13.4. The molecule has 3 rings (SSSR count). The van der Waals surface area contributed by atoms with E-state index in [0.29, 0.717) is 25.6 Å². The predicted molar refractivity (Wildman–Crippen MR) is 78.7 cm³/mol. The van der Waals surface area contributed by atoms with Crippen LogP contribution < -0.4 is 5.32 Å². The minimum atomic E-state index is -0.0644. The van der Waals surface area contributed by atoms with Crippen LogP contribution in [0.3, 0.4) is 0 Å². The molecule has 4 heteroatoms. The van der Waals surface area contributed by atoms with E-state index in [0.717, 1.165) is 24.1 Å². The van der Waals surface area contributed by atoms with Gasteiger partial charge in [-0.1, -0.05) is 18.2 Å². The molecule has 1 unspecified atom stereocenters. The first-order chi connectivity index (χ1) is 9.81. The Bertz CT molecular complexity index is 485. The Balaban J connectivity index is 1.76. The van der Waals surface area contributed by atoms with Crippen molar-refractivity contribution in [3.05, 3.63) is 29.8 Å². The highest BCUT2D eigenvalue weighted by atomic mass is 16.3. The first-order valence-electron chi connectivity index (χ1n) is 7.55. The molecule has 4 nitrogen and oxygen atoms in total. The van der Waals surface area contributed by atoms with Gasteiger partial charge < -0.3 is 15.3 Å². The highest BCUT2D eigenvalue weighted by Gasteiger charge is 2.36. The molecule has 0 aromatic heterocycles. The van der Waals surface area contributed by atoms with Crippen LogP contribution in [0.2, 0.25) is 0 Å². The quantitative estimate of drug-likeness (QED) is 0.863. The van der Waals surface area contributed by atoms with Gasteiger partial charge in [-0.25, -0.2) is 0 Å². The molecule has 0 bridgehead atoms. The third-order valence-electron chi connectivity index (χ3n) is 4.49. The summed E-state index contributed by atoms with van der Waals surface area (Å²) in [7, 11) is 0. The van der Waals surface area contributed by atoms with Crippen LogP contribution in [-0.4, -0.2) is 41.7 Å². The second-order valence-electron chi connectivity index (χ2n) is 5.71. The SMILES string of the molecule is O=C(C1CNc2ccccc21)N(CCCO)C1CCC1. The predicted octanol–water partition coefficient (Wildman–Crippen LogP) is 1.96. The molecule has 1 atom stereocenters. The van der Waals surface area contributed by atoms with E-state index in [1.807, 2.05) is 29.2 Å². The third-order valence-corrected chi connectivity index (χ3v) is 4.49. The van der Waals surface area contributed by atoms with Crippen molar-refractivity contribution in [2.24, 2.45) is 0 Å². The van der Waals surface area contributed by atoms with Crippen molar-refractivity contribution in [2.45, 2.75) is 37.6 Å². The maximum absolute atomic E-state index is 12.9. The smallest absolute Gasteiger partial charge is 0.232 e. The van der Waals surface area contributed by atoms with Gasteiger partial charge in [0.2, 0.25) is 5.91 Å². The van der Waals surface area contributed by atoms with Crippen molar-refractivity contribution < 1.29 is 9.90 Å². The summed E-state index contributed by atoms with van der Waals surface area (Å²) < 4.78 is 0. The molecule has 0 spiro atoms. The zero-order chi connectivity index (χ0) is 13.9. The Hall–Kier alpha value is -1.55. The number of anilines is 1. The number of rotatable bonds is 5. The van der Waals surface area contributed by atoms with Crippen molar-refractivity contribution >= 4 is 11.6 Å². The van der Waals surface area contributed by atoms with E-state index in [1.54, 1.807) is 0 Å². The lowest BCUT2D eigenvalue weighted by Gasteiger charge is -2.39. The highest BCUT2D eigenvalue weighted by molar-refractivity contribution is 5.88. The van der Waals surface area contributed by atoms with Gasteiger partial charge in [-0.05, 0) is 37.3 Å². The van der Waals surface area contributed by atoms with Gasteiger partial charge in [0.05, 0.1) is 5.92 Å². The van der Waals surface area contributed by atoms with E-state index >= 15 is 0 Å². The molecule has 2 N–H and O–H groups in total. The zero-order valence-corrected chi connectivity index (χ0v) is 11.7. The number of hydrogen-bond donors (Lipinski definition) is 2. The molecule has 1 aliphatic carbocycles. The molecule has 1 heterocycles. The summed E-state index contributed by atoms with van der Waals surface area (Å²) in [6.45, 7) is 1.52. The molecule has 1 aliphatic heterocycles. The minimum absolute atomic E-state index is 0.0644. The zero-order valence-electron chi connectivity index (χ0n) is 11.7. The van der Waals surface area contributed by atoms with Gasteiger partial charge in [-0.2, -0.15) is 0 Å². The van der Waals surface area contributed by atoms with E-state index in [1.165, 1.54) is 6.42 Å². The molecular formula is C16H22N2O2. The number of fused-ring (bicyclic) bond motifs is 1. The molecule has 20 heavy (non-hydrogen) atoms. The standard InChI is InChI=1S/C16H22N2O2/c19-10-4-9-18(12-5-3-6-12)16(20)14-11-17-15-8-2-1-7-13(14)15/h1-2,7-8,12,14,17,19H,3-6,9-11H2. The number of carbonyl (C=O) groups excluding carboxylic acids is 1. The fourth-order valence-electron chi connectivity index (χ4n) is 3.12. The second-order valence-corrected chi connectivity index (χ2v) is 5.71. The van der Waals surface area contributed by atoms with Crippen LogP contribution in [0.1, 0.15) is 37.2 Å². The average Bonchev–Trinajstić information content (AvgIpc) is 2.84. The van der Waals surface area contributed by atoms with E-state index in [-0.39, 0.29) is 18.4 Å². The van der Waals surface area contributed by atoms with E-state index in [9.17, 15) is 4.79 Å². The van der Waals surface area contributed by atoms with Gasteiger partial charge in [0.15, 0.2) is 0 Å². The summed E-state index contributed by atoms with van der Waals surface area (Å²) in [5.41, 5.74) is 2.20. The van der Waals surface area contributed by atoms with Crippen LogP contribution in [0, 0.1) is 0 Å². The fourth-order valence-corrected chi connectivity index (χ4v) is 3.12. The van der Waals surface area contributed by atoms with Crippen molar-refractivity contribution in [1.29, 1.82) is 0 Å². The van der Waals surface area contributed by atoms with E-state index in [4.69, 9.17) is 5.11 Å². The summed E-state index contributed by atoms with van der Waals surface area (Å²) in [4.78, 5) is 14.9. The third kappa shape index (κ3) is 2.40. The number of carbonyl (C=O) groups is 1. The van der Waals surface area contributed by atoms with Crippen LogP contribution in [-0.2, 0) is 4.79 Å². The lowest BCUT2D eigenvalue weighted by molar-refractivity contribution is -0.136. The minimum Gasteiger partial charge on any atom is -0.396 e. The van der Waals surface area contributed by atoms with Gasteiger partial charge in [-0.15, -0.1) is 0 Å². The van der Waals surface area contributed by atoms with E-state index in [2.05, 4.69) is 5.32 Å². The summed E-state index contributed by atoms with van der Waals surface area (Å²) in [5, 5.41) is 12.4. The van der Waals surface area contributed by atoms with Crippen molar-refractivity contribution in [1.82, 2.24) is 4.90 Å². The van der Waals surface area contributed by atoms with Crippen LogP contribution in [0.5, 0.6) is 0 Å². The topological polar surface area (TPSA) is 52.6 Å². The van der Waals surface area contributed by atoms with Crippen LogP contribution >= 0.6 is 0 Å².